The fraction of sp³-hybridized carbons (Fsp3) is 0.385. The van der Waals surface area contributed by atoms with Gasteiger partial charge in [0.25, 0.3) is 0 Å². The van der Waals surface area contributed by atoms with E-state index in [4.69, 9.17) is 16.6 Å². The Balaban J connectivity index is 1.45. The number of nitrogens with one attached hydrogen (secondary N) is 1. The summed E-state index contributed by atoms with van der Waals surface area (Å²) in [4.78, 5) is 24.4. The van der Waals surface area contributed by atoms with Crippen LogP contribution in [-0.4, -0.2) is 55.2 Å². The maximum atomic E-state index is 14.0. The molecule has 0 radical (unpaired) electrons. The number of hydrogen-bond acceptors (Lipinski definition) is 7. The van der Waals surface area contributed by atoms with Crippen molar-refractivity contribution in [2.75, 3.05) is 6.54 Å². The highest BCUT2D eigenvalue weighted by Crippen LogP contribution is 2.46. The van der Waals surface area contributed by atoms with Crippen LogP contribution in [0.15, 0.2) is 52.7 Å². The molecule has 2 fully saturated rings. The minimum atomic E-state index is -2.83. The molecule has 0 spiro atoms. The lowest BCUT2D eigenvalue weighted by Gasteiger charge is -2.32. The van der Waals surface area contributed by atoms with Crippen molar-refractivity contribution < 1.29 is 23.1 Å². The van der Waals surface area contributed by atoms with E-state index in [2.05, 4.69) is 15.4 Å². The molecule has 0 bridgehead atoms. The van der Waals surface area contributed by atoms with Gasteiger partial charge in [-0.1, -0.05) is 17.7 Å². The summed E-state index contributed by atoms with van der Waals surface area (Å²) in [5.74, 6) is -0.338. The van der Waals surface area contributed by atoms with Crippen molar-refractivity contribution in [3.8, 4) is 0 Å². The van der Waals surface area contributed by atoms with Crippen molar-refractivity contribution in [3.63, 3.8) is 0 Å². The van der Waals surface area contributed by atoms with Crippen LogP contribution in [0.4, 0.5) is 13.2 Å². The molecule has 13 heteroatoms. The third kappa shape index (κ3) is 4.96. The zero-order chi connectivity index (χ0) is 27.3. The summed E-state index contributed by atoms with van der Waals surface area (Å²) in [6.45, 7) is -2.44. The van der Waals surface area contributed by atoms with Gasteiger partial charge in [0.15, 0.2) is 10.8 Å². The van der Waals surface area contributed by atoms with Crippen LogP contribution in [0.5, 0.6) is 0 Å². The Morgan fingerprint density at radius 2 is 2.10 bits per heavy atom. The van der Waals surface area contributed by atoms with Crippen molar-refractivity contribution in [1.82, 2.24) is 25.0 Å². The topological polar surface area (TPSA) is 95.6 Å². The predicted octanol–water partition coefficient (Wildman–Crippen LogP) is 4.79. The SMILES string of the molecule is O=C(NC1CC2=C(c3ccn(C(F)F)n3)[C@H](c3ccc(F)cc3Cl)N=C(c3nccs3)N2C1)C1CCC(O)C1. The number of benzene rings is 1. The number of alkyl halides is 2. The zero-order valence-electron chi connectivity index (χ0n) is 20.5. The van der Waals surface area contributed by atoms with Crippen LogP contribution in [0.2, 0.25) is 5.02 Å². The molecule has 3 unspecified atom stereocenters. The molecule has 1 saturated carbocycles. The Labute approximate surface area is 230 Å². The van der Waals surface area contributed by atoms with Gasteiger partial charge in [-0.15, -0.1) is 11.3 Å². The lowest BCUT2D eigenvalue weighted by Crippen LogP contribution is -2.41. The number of fused-ring (bicyclic) bond motifs is 1. The Kier molecular flexibility index (Phi) is 6.94. The number of hydrogen-bond donors (Lipinski definition) is 2. The minimum absolute atomic E-state index is 0.119. The zero-order valence-corrected chi connectivity index (χ0v) is 22.0. The third-order valence-corrected chi connectivity index (χ3v) is 8.44. The van der Waals surface area contributed by atoms with Crippen molar-refractivity contribution >= 4 is 40.3 Å². The van der Waals surface area contributed by atoms with Crippen LogP contribution in [0.1, 0.15) is 54.5 Å². The molecule has 204 valence electrons. The van der Waals surface area contributed by atoms with Gasteiger partial charge in [-0.25, -0.2) is 14.1 Å². The molecule has 8 nitrogen and oxygen atoms in total. The van der Waals surface area contributed by atoms with E-state index >= 15 is 0 Å². The molecule has 2 aliphatic heterocycles. The summed E-state index contributed by atoms with van der Waals surface area (Å²) >= 11 is 7.88. The summed E-state index contributed by atoms with van der Waals surface area (Å²) in [7, 11) is 0. The molecule has 4 atom stereocenters. The van der Waals surface area contributed by atoms with Gasteiger partial charge in [0.05, 0.1) is 17.8 Å². The standard InChI is InChI=1S/C26H24ClF3N6O2S/c27-18-10-14(28)2-4-17(18)22-21(19-5-7-36(34-19)26(29)30)20-11-15(32-24(38)13-1-3-16(37)9-13)12-35(20)23(33-22)25-31-6-8-39-25/h2,4-8,10,13,15-16,22,26,37H,1,3,9,11-12H2,(H,32,38)/t13?,15?,16?,22-/m0/s1. The first-order valence-electron chi connectivity index (χ1n) is 12.5. The Morgan fingerprint density at radius 3 is 2.77 bits per heavy atom. The van der Waals surface area contributed by atoms with Gasteiger partial charge < -0.3 is 15.3 Å². The van der Waals surface area contributed by atoms with Gasteiger partial charge in [-0.2, -0.15) is 13.9 Å². The van der Waals surface area contributed by atoms with Gasteiger partial charge in [0.2, 0.25) is 5.91 Å². The first kappa shape index (κ1) is 26.0. The highest BCUT2D eigenvalue weighted by Gasteiger charge is 2.42. The van der Waals surface area contributed by atoms with Crippen molar-refractivity contribution in [2.45, 2.75) is 50.4 Å². The van der Waals surface area contributed by atoms with Crippen LogP contribution in [0, 0.1) is 11.7 Å². The van der Waals surface area contributed by atoms with E-state index in [1.807, 2.05) is 10.3 Å². The van der Waals surface area contributed by atoms with Gasteiger partial charge in [-0.05, 0) is 37.5 Å². The summed E-state index contributed by atoms with van der Waals surface area (Å²) in [5.41, 5.74) is 2.08. The number of aliphatic hydroxyl groups is 1. The van der Waals surface area contributed by atoms with Crippen molar-refractivity contribution in [3.05, 3.63) is 74.8 Å². The molecular formula is C26H24ClF3N6O2S. The van der Waals surface area contributed by atoms with Gasteiger partial charge in [-0.3, -0.25) is 9.79 Å². The number of halogens is 4. The first-order chi connectivity index (χ1) is 18.8. The van der Waals surface area contributed by atoms with Crippen molar-refractivity contribution in [1.29, 1.82) is 0 Å². The molecule has 2 aromatic heterocycles. The Hall–Kier alpha value is -3.22. The molecule has 1 aliphatic carbocycles. The number of aliphatic imine (C=N–C) groups is 1. The average Bonchev–Trinajstić information content (AvgIpc) is 3.70. The van der Waals surface area contributed by atoms with E-state index in [9.17, 15) is 23.1 Å². The maximum absolute atomic E-state index is 14.0. The Morgan fingerprint density at radius 1 is 1.26 bits per heavy atom. The molecule has 3 aliphatic rings. The molecule has 39 heavy (non-hydrogen) atoms. The van der Waals surface area contributed by atoms with E-state index < -0.39 is 24.5 Å². The summed E-state index contributed by atoms with van der Waals surface area (Å²) < 4.78 is 41.5. The number of aliphatic hydroxyl groups excluding tert-OH is 1. The quantitative estimate of drug-likeness (QED) is 0.440. The minimum Gasteiger partial charge on any atom is -0.393 e. The molecule has 1 saturated heterocycles. The van der Waals surface area contributed by atoms with E-state index in [-0.39, 0.29) is 28.6 Å². The number of rotatable bonds is 6. The third-order valence-electron chi connectivity index (χ3n) is 7.35. The number of aromatic nitrogens is 3. The highest BCUT2D eigenvalue weighted by molar-refractivity contribution is 7.11. The summed E-state index contributed by atoms with van der Waals surface area (Å²) in [6, 6.07) is 4.42. The first-order valence-corrected chi connectivity index (χ1v) is 13.8. The highest BCUT2D eigenvalue weighted by atomic mass is 35.5. The Bertz CT molecular complexity index is 1460. The molecule has 1 aromatic carbocycles. The van der Waals surface area contributed by atoms with Crippen LogP contribution < -0.4 is 5.32 Å². The number of amides is 1. The second kappa shape index (κ2) is 10.4. The lowest BCUT2D eigenvalue weighted by atomic mass is 9.92. The largest absolute Gasteiger partial charge is 0.393 e. The number of amidine groups is 1. The number of thiazole rings is 1. The van der Waals surface area contributed by atoms with Gasteiger partial charge in [0, 0.05) is 58.5 Å². The number of carbonyl (C=O) groups excluding carboxylic acids is 1. The normalized spacial score (nSPS) is 24.9. The van der Waals surface area contributed by atoms with E-state index in [0.29, 0.717) is 58.9 Å². The number of nitrogens with zero attached hydrogens (tertiary/aromatic N) is 5. The molecule has 4 heterocycles. The van der Waals surface area contributed by atoms with Crippen LogP contribution in [0.25, 0.3) is 5.57 Å². The van der Waals surface area contributed by atoms with E-state index in [1.165, 1.54) is 41.8 Å². The van der Waals surface area contributed by atoms with Gasteiger partial charge >= 0.3 is 6.55 Å². The fourth-order valence-corrected chi connectivity index (χ4v) is 6.48. The molecule has 2 N–H and O–H groups in total. The number of carbonyl (C=O) groups is 1. The summed E-state index contributed by atoms with van der Waals surface area (Å²) in [6.07, 6.45) is 4.42. The fourth-order valence-electron chi connectivity index (χ4n) is 5.57. The maximum Gasteiger partial charge on any atom is 0.333 e. The van der Waals surface area contributed by atoms with E-state index in [0.717, 1.165) is 5.70 Å². The van der Waals surface area contributed by atoms with Crippen LogP contribution in [-0.2, 0) is 4.79 Å². The summed E-state index contributed by atoms with van der Waals surface area (Å²) in [5, 5.41) is 19.7. The van der Waals surface area contributed by atoms with Crippen LogP contribution in [0.3, 0.4) is 0 Å². The predicted molar refractivity (Wildman–Crippen MR) is 140 cm³/mol. The molecule has 1 amide bonds. The van der Waals surface area contributed by atoms with Crippen LogP contribution >= 0.6 is 22.9 Å². The van der Waals surface area contributed by atoms with Crippen molar-refractivity contribution in [2.24, 2.45) is 10.9 Å². The smallest absolute Gasteiger partial charge is 0.333 e. The second-order valence-corrected chi connectivity index (χ2v) is 11.2. The molecule has 6 rings (SSSR count). The average molecular weight is 577 g/mol. The van der Waals surface area contributed by atoms with Gasteiger partial charge in [0.1, 0.15) is 11.9 Å². The molecular weight excluding hydrogens is 553 g/mol. The monoisotopic (exact) mass is 576 g/mol. The molecule has 3 aromatic rings. The lowest BCUT2D eigenvalue weighted by molar-refractivity contribution is -0.125. The van der Waals surface area contributed by atoms with E-state index in [1.54, 1.807) is 6.20 Å². The second-order valence-electron chi connectivity index (χ2n) is 9.86.